The van der Waals surface area contributed by atoms with Crippen molar-refractivity contribution in [2.45, 2.75) is 6.42 Å². The fourth-order valence-electron chi connectivity index (χ4n) is 1.40. The first-order valence-electron chi connectivity index (χ1n) is 4.65. The molecule has 1 aliphatic heterocycles. The second kappa shape index (κ2) is 4.84. The molecule has 0 bridgehead atoms. The predicted octanol–water partition coefficient (Wildman–Crippen LogP) is 2.29. The average molecular weight is 230 g/mol. The van der Waals surface area contributed by atoms with Crippen molar-refractivity contribution >= 4 is 29.2 Å². The fraction of sp³-hybridized carbons (Fsp3) is 0.556. The van der Waals surface area contributed by atoms with Crippen LogP contribution in [0.1, 0.15) is 6.42 Å². The molecule has 1 saturated heterocycles. The summed E-state index contributed by atoms with van der Waals surface area (Å²) in [5.41, 5.74) is 0. The average Bonchev–Trinajstić information content (AvgIpc) is 2.70. The maximum Gasteiger partial charge on any atom is 0.151 e. The van der Waals surface area contributed by atoms with Crippen molar-refractivity contribution in [1.82, 2.24) is 10.2 Å². The van der Waals surface area contributed by atoms with Gasteiger partial charge in [-0.05, 0) is 36.0 Å². The van der Waals surface area contributed by atoms with Crippen molar-refractivity contribution in [3.63, 3.8) is 0 Å². The number of aromatic nitrogens is 2. The van der Waals surface area contributed by atoms with Gasteiger partial charge in [0.15, 0.2) is 5.15 Å². The van der Waals surface area contributed by atoms with Crippen LogP contribution in [0, 0.1) is 5.92 Å². The van der Waals surface area contributed by atoms with Crippen LogP contribution in [-0.4, -0.2) is 28.2 Å². The number of halogens is 1. The van der Waals surface area contributed by atoms with Gasteiger partial charge in [-0.1, -0.05) is 11.6 Å². The van der Waals surface area contributed by atoms with Gasteiger partial charge in [0.05, 0.1) is 0 Å². The van der Waals surface area contributed by atoms with Gasteiger partial charge >= 0.3 is 0 Å². The lowest BCUT2D eigenvalue weighted by Gasteiger charge is -2.09. The van der Waals surface area contributed by atoms with Gasteiger partial charge in [-0.2, -0.15) is 11.8 Å². The van der Waals surface area contributed by atoms with Crippen LogP contribution in [-0.2, 0) is 0 Å². The molecule has 0 radical (unpaired) electrons. The summed E-state index contributed by atoms with van der Waals surface area (Å²) in [7, 11) is 0. The predicted molar refractivity (Wildman–Crippen MR) is 61.0 cm³/mol. The van der Waals surface area contributed by atoms with Crippen LogP contribution in [0.3, 0.4) is 0 Å². The summed E-state index contributed by atoms with van der Waals surface area (Å²) in [5, 5.41) is 11.4. The highest BCUT2D eigenvalue weighted by molar-refractivity contribution is 7.99. The van der Waals surface area contributed by atoms with E-state index in [2.05, 4.69) is 15.5 Å². The molecule has 76 valence electrons. The topological polar surface area (TPSA) is 37.8 Å². The quantitative estimate of drug-likeness (QED) is 0.863. The second-order valence-electron chi connectivity index (χ2n) is 3.35. The zero-order chi connectivity index (χ0) is 9.80. The van der Waals surface area contributed by atoms with Gasteiger partial charge in [-0.3, -0.25) is 0 Å². The number of nitrogens with zero attached hydrogens (tertiary/aromatic N) is 2. The van der Waals surface area contributed by atoms with E-state index in [9.17, 15) is 0 Å². The molecule has 14 heavy (non-hydrogen) atoms. The molecule has 0 saturated carbocycles. The zero-order valence-electron chi connectivity index (χ0n) is 7.74. The molecule has 5 heteroatoms. The minimum Gasteiger partial charge on any atom is -0.368 e. The van der Waals surface area contributed by atoms with E-state index in [4.69, 9.17) is 11.6 Å². The number of rotatable bonds is 3. The molecule has 0 amide bonds. The maximum atomic E-state index is 5.63. The van der Waals surface area contributed by atoms with Crippen molar-refractivity contribution in [2.24, 2.45) is 5.92 Å². The van der Waals surface area contributed by atoms with E-state index in [1.54, 1.807) is 6.07 Å². The van der Waals surface area contributed by atoms with Crippen LogP contribution < -0.4 is 5.32 Å². The lowest BCUT2D eigenvalue weighted by molar-refractivity contribution is 0.630. The number of anilines is 1. The Balaban J connectivity index is 1.82. The molecule has 0 aromatic carbocycles. The molecule has 1 atom stereocenters. The Bertz CT molecular complexity index is 285. The molecule has 1 aromatic rings. The van der Waals surface area contributed by atoms with Crippen molar-refractivity contribution in [2.75, 3.05) is 23.4 Å². The first kappa shape index (κ1) is 10.1. The van der Waals surface area contributed by atoms with Crippen LogP contribution in [0.5, 0.6) is 0 Å². The van der Waals surface area contributed by atoms with E-state index in [1.165, 1.54) is 17.9 Å². The SMILES string of the molecule is Clc1ccc(NCC2CCSC2)nn1. The highest BCUT2D eigenvalue weighted by Crippen LogP contribution is 2.23. The monoisotopic (exact) mass is 229 g/mol. The summed E-state index contributed by atoms with van der Waals surface area (Å²) in [4.78, 5) is 0. The molecular weight excluding hydrogens is 218 g/mol. The first-order chi connectivity index (χ1) is 6.84. The maximum absolute atomic E-state index is 5.63. The molecule has 1 aliphatic rings. The van der Waals surface area contributed by atoms with Gasteiger partial charge in [0, 0.05) is 6.54 Å². The molecule has 2 rings (SSSR count). The Kier molecular flexibility index (Phi) is 3.48. The zero-order valence-corrected chi connectivity index (χ0v) is 9.31. The lowest BCUT2D eigenvalue weighted by Crippen LogP contribution is -2.14. The molecule has 2 heterocycles. The summed E-state index contributed by atoms with van der Waals surface area (Å²) >= 11 is 7.66. The highest BCUT2D eigenvalue weighted by Gasteiger charge is 2.14. The standard InChI is InChI=1S/C9H12ClN3S/c10-8-1-2-9(13-12-8)11-5-7-3-4-14-6-7/h1-2,7H,3-6H2,(H,11,13). The van der Waals surface area contributed by atoms with Gasteiger partial charge in [-0.25, -0.2) is 0 Å². The molecule has 0 spiro atoms. The van der Waals surface area contributed by atoms with Gasteiger partial charge in [0.2, 0.25) is 0 Å². The van der Waals surface area contributed by atoms with Crippen LogP contribution in [0.25, 0.3) is 0 Å². The summed E-state index contributed by atoms with van der Waals surface area (Å²) in [5.74, 6) is 4.14. The van der Waals surface area contributed by atoms with E-state index in [0.717, 1.165) is 18.3 Å². The summed E-state index contributed by atoms with van der Waals surface area (Å²) in [6.45, 7) is 0.989. The lowest BCUT2D eigenvalue weighted by atomic mass is 10.1. The summed E-state index contributed by atoms with van der Waals surface area (Å²) in [6, 6.07) is 3.61. The molecule has 0 aliphatic carbocycles. The molecule has 3 nitrogen and oxygen atoms in total. The molecule has 1 fully saturated rings. The Morgan fingerprint density at radius 1 is 1.50 bits per heavy atom. The van der Waals surface area contributed by atoms with Crippen molar-refractivity contribution < 1.29 is 0 Å². The van der Waals surface area contributed by atoms with Crippen LogP contribution >= 0.6 is 23.4 Å². The van der Waals surface area contributed by atoms with Crippen LogP contribution in [0.4, 0.5) is 5.82 Å². The van der Waals surface area contributed by atoms with Crippen molar-refractivity contribution in [3.8, 4) is 0 Å². The third kappa shape index (κ3) is 2.75. The van der Waals surface area contributed by atoms with Crippen LogP contribution in [0.15, 0.2) is 12.1 Å². The third-order valence-electron chi connectivity index (χ3n) is 2.23. The fourth-order valence-corrected chi connectivity index (χ4v) is 2.79. The number of nitrogens with one attached hydrogen (secondary N) is 1. The van der Waals surface area contributed by atoms with Gasteiger partial charge < -0.3 is 5.32 Å². The second-order valence-corrected chi connectivity index (χ2v) is 4.89. The molecule has 1 unspecified atom stereocenters. The Hall–Kier alpha value is -0.480. The molecule has 1 N–H and O–H groups in total. The van der Waals surface area contributed by atoms with E-state index < -0.39 is 0 Å². The normalized spacial score (nSPS) is 21.1. The van der Waals surface area contributed by atoms with E-state index in [0.29, 0.717) is 5.15 Å². The number of thioether (sulfide) groups is 1. The Morgan fingerprint density at radius 3 is 3.07 bits per heavy atom. The van der Waals surface area contributed by atoms with Gasteiger partial charge in [0.1, 0.15) is 5.82 Å². The Morgan fingerprint density at radius 2 is 2.43 bits per heavy atom. The third-order valence-corrected chi connectivity index (χ3v) is 3.66. The molecular formula is C9H12ClN3S. The first-order valence-corrected chi connectivity index (χ1v) is 6.19. The smallest absolute Gasteiger partial charge is 0.151 e. The van der Waals surface area contributed by atoms with E-state index in [-0.39, 0.29) is 0 Å². The van der Waals surface area contributed by atoms with Crippen molar-refractivity contribution in [3.05, 3.63) is 17.3 Å². The molecule has 1 aromatic heterocycles. The van der Waals surface area contributed by atoms with Gasteiger partial charge in [0.25, 0.3) is 0 Å². The Labute approximate surface area is 92.6 Å². The highest BCUT2D eigenvalue weighted by atomic mass is 35.5. The van der Waals surface area contributed by atoms with E-state index in [1.807, 2.05) is 17.8 Å². The van der Waals surface area contributed by atoms with Gasteiger partial charge in [-0.15, -0.1) is 10.2 Å². The minimum absolute atomic E-state index is 0.437. The van der Waals surface area contributed by atoms with E-state index >= 15 is 0 Å². The number of hydrogen-bond donors (Lipinski definition) is 1. The largest absolute Gasteiger partial charge is 0.368 e. The summed E-state index contributed by atoms with van der Waals surface area (Å²) < 4.78 is 0. The van der Waals surface area contributed by atoms with Crippen LogP contribution in [0.2, 0.25) is 5.15 Å². The van der Waals surface area contributed by atoms with Crippen molar-refractivity contribution in [1.29, 1.82) is 0 Å². The minimum atomic E-state index is 0.437. The number of hydrogen-bond acceptors (Lipinski definition) is 4. The summed E-state index contributed by atoms with van der Waals surface area (Å²) in [6.07, 6.45) is 1.30.